The fraction of sp³-hybridized carbons (Fsp3) is 0.273. The van der Waals surface area contributed by atoms with Crippen LogP contribution in [-0.4, -0.2) is 25.9 Å². The summed E-state index contributed by atoms with van der Waals surface area (Å²) >= 11 is 2.17. The number of halogens is 1. The van der Waals surface area contributed by atoms with Gasteiger partial charge in [0, 0.05) is 0 Å². The molecular weight excluding hydrogens is 347 g/mol. The van der Waals surface area contributed by atoms with E-state index in [1.807, 2.05) is 13.0 Å². The van der Waals surface area contributed by atoms with Crippen LogP contribution in [0.5, 0.6) is 11.5 Å². The maximum Gasteiger partial charge on any atom is 0.211 e. The minimum Gasteiger partial charge on any atom is -0.493 e. The zero-order valence-corrected chi connectivity index (χ0v) is 12.3. The first-order valence-electron chi connectivity index (χ1n) is 5.20. The molecule has 0 atom stereocenters. The topological polar surface area (TPSA) is 95.2 Å². The fourth-order valence-corrected chi connectivity index (χ4v) is 2.04. The second-order valence-corrected chi connectivity index (χ2v) is 4.40. The standard InChI is InChI=1S/C11H15IN4O2/c1-3-18-10-8(12)4-7(5-9(10)17-2)6-15-16-11(13)14/h4-6H,3H2,1-2H3,(H4,13,14,16). The molecule has 0 unspecified atom stereocenters. The van der Waals surface area contributed by atoms with Crippen molar-refractivity contribution in [3.8, 4) is 11.5 Å². The van der Waals surface area contributed by atoms with Gasteiger partial charge in [0.25, 0.3) is 0 Å². The Bertz CT molecular complexity index is 470. The van der Waals surface area contributed by atoms with E-state index in [-0.39, 0.29) is 5.96 Å². The van der Waals surface area contributed by atoms with E-state index in [4.69, 9.17) is 20.9 Å². The molecule has 0 aliphatic rings. The number of guanidine groups is 1. The second kappa shape index (κ2) is 7.04. The summed E-state index contributed by atoms with van der Waals surface area (Å²) in [4.78, 5) is 0. The molecule has 0 spiro atoms. The summed E-state index contributed by atoms with van der Waals surface area (Å²) in [5, 5.41) is 7.28. The van der Waals surface area contributed by atoms with Crippen LogP contribution >= 0.6 is 22.6 Å². The lowest BCUT2D eigenvalue weighted by Crippen LogP contribution is -2.21. The van der Waals surface area contributed by atoms with Crippen molar-refractivity contribution in [1.82, 2.24) is 0 Å². The average Bonchev–Trinajstić information content (AvgIpc) is 2.31. The molecule has 0 saturated carbocycles. The minimum atomic E-state index is -0.0844. The molecule has 7 heteroatoms. The van der Waals surface area contributed by atoms with Crippen LogP contribution in [-0.2, 0) is 0 Å². The smallest absolute Gasteiger partial charge is 0.211 e. The summed E-state index contributed by atoms with van der Waals surface area (Å²) in [6.45, 7) is 2.50. The van der Waals surface area contributed by atoms with Gasteiger partial charge in [-0.15, -0.1) is 5.10 Å². The van der Waals surface area contributed by atoms with E-state index < -0.39 is 0 Å². The summed E-state index contributed by atoms with van der Waals surface area (Å²) in [6, 6.07) is 3.71. The highest BCUT2D eigenvalue weighted by atomic mass is 127. The molecule has 98 valence electrons. The highest BCUT2D eigenvalue weighted by Crippen LogP contribution is 2.33. The van der Waals surface area contributed by atoms with Crippen molar-refractivity contribution in [2.24, 2.45) is 21.7 Å². The monoisotopic (exact) mass is 362 g/mol. The molecule has 0 bridgehead atoms. The molecule has 0 radical (unpaired) electrons. The first-order valence-corrected chi connectivity index (χ1v) is 6.28. The average molecular weight is 362 g/mol. The first-order chi connectivity index (χ1) is 8.58. The third kappa shape index (κ3) is 4.06. The molecule has 1 rings (SSSR count). The molecule has 0 aliphatic heterocycles. The summed E-state index contributed by atoms with van der Waals surface area (Å²) in [7, 11) is 1.59. The molecule has 1 aromatic rings. The van der Waals surface area contributed by atoms with Gasteiger partial charge in [-0.2, -0.15) is 5.10 Å². The summed E-state index contributed by atoms with van der Waals surface area (Å²) in [5.41, 5.74) is 11.2. The van der Waals surface area contributed by atoms with Crippen LogP contribution in [0.4, 0.5) is 0 Å². The van der Waals surface area contributed by atoms with E-state index in [1.54, 1.807) is 19.4 Å². The van der Waals surface area contributed by atoms with Gasteiger partial charge in [0.2, 0.25) is 5.96 Å². The zero-order chi connectivity index (χ0) is 13.5. The van der Waals surface area contributed by atoms with Crippen LogP contribution in [0.1, 0.15) is 12.5 Å². The number of hydrogen-bond acceptors (Lipinski definition) is 4. The van der Waals surface area contributed by atoms with Crippen molar-refractivity contribution >= 4 is 34.8 Å². The largest absolute Gasteiger partial charge is 0.493 e. The van der Waals surface area contributed by atoms with Crippen molar-refractivity contribution in [1.29, 1.82) is 0 Å². The number of hydrogen-bond donors (Lipinski definition) is 2. The Morgan fingerprint density at radius 3 is 2.72 bits per heavy atom. The number of nitrogens with zero attached hydrogens (tertiary/aromatic N) is 2. The molecule has 4 N–H and O–H groups in total. The summed E-state index contributed by atoms with van der Waals surface area (Å²) in [5.74, 6) is 1.29. The normalized spacial score (nSPS) is 10.4. The maximum absolute atomic E-state index is 5.51. The van der Waals surface area contributed by atoms with Gasteiger partial charge in [-0.3, -0.25) is 0 Å². The van der Waals surface area contributed by atoms with Gasteiger partial charge in [-0.25, -0.2) is 0 Å². The van der Waals surface area contributed by atoms with E-state index in [0.29, 0.717) is 12.4 Å². The number of benzene rings is 1. The summed E-state index contributed by atoms with van der Waals surface area (Å²) < 4.78 is 11.7. The van der Waals surface area contributed by atoms with Crippen molar-refractivity contribution in [3.05, 3.63) is 21.3 Å². The van der Waals surface area contributed by atoms with Crippen molar-refractivity contribution in [2.45, 2.75) is 6.92 Å². The highest BCUT2D eigenvalue weighted by molar-refractivity contribution is 14.1. The minimum absolute atomic E-state index is 0.0844. The molecular formula is C11H15IN4O2. The van der Waals surface area contributed by atoms with Crippen LogP contribution in [0.25, 0.3) is 0 Å². The molecule has 0 aliphatic carbocycles. The maximum atomic E-state index is 5.51. The van der Waals surface area contributed by atoms with E-state index in [1.165, 1.54) is 0 Å². The molecule has 1 aromatic carbocycles. The Balaban J connectivity index is 3.06. The highest BCUT2D eigenvalue weighted by Gasteiger charge is 2.10. The third-order valence-electron chi connectivity index (χ3n) is 1.92. The predicted molar refractivity (Wildman–Crippen MR) is 80.3 cm³/mol. The predicted octanol–water partition coefficient (Wildman–Crippen LogP) is 1.31. The molecule has 0 saturated heterocycles. The Hall–Kier alpha value is -1.51. The zero-order valence-electron chi connectivity index (χ0n) is 10.2. The number of ether oxygens (including phenoxy) is 2. The number of nitrogens with two attached hydrogens (primary N) is 2. The van der Waals surface area contributed by atoms with Gasteiger partial charge in [0.1, 0.15) is 0 Å². The Morgan fingerprint density at radius 2 is 2.17 bits per heavy atom. The summed E-state index contributed by atoms with van der Waals surface area (Å²) in [6.07, 6.45) is 1.54. The third-order valence-corrected chi connectivity index (χ3v) is 2.72. The Morgan fingerprint density at radius 1 is 1.44 bits per heavy atom. The van der Waals surface area contributed by atoms with E-state index in [0.717, 1.165) is 14.9 Å². The van der Waals surface area contributed by atoms with E-state index in [2.05, 4.69) is 32.8 Å². The molecule has 6 nitrogen and oxygen atoms in total. The van der Waals surface area contributed by atoms with Gasteiger partial charge >= 0.3 is 0 Å². The molecule has 0 amide bonds. The van der Waals surface area contributed by atoms with Crippen LogP contribution in [0.3, 0.4) is 0 Å². The SMILES string of the molecule is CCOc1c(I)cc(C=NN=C(N)N)cc1OC. The van der Waals surface area contributed by atoms with Crippen molar-refractivity contribution in [2.75, 3.05) is 13.7 Å². The lowest BCUT2D eigenvalue weighted by Gasteiger charge is -2.11. The lowest BCUT2D eigenvalue weighted by atomic mass is 10.2. The van der Waals surface area contributed by atoms with Crippen LogP contribution in [0.2, 0.25) is 0 Å². The quantitative estimate of drug-likeness (QED) is 0.357. The van der Waals surface area contributed by atoms with Crippen molar-refractivity contribution < 1.29 is 9.47 Å². The van der Waals surface area contributed by atoms with Crippen LogP contribution in [0, 0.1) is 3.57 Å². The Labute approximate surface area is 119 Å². The van der Waals surface area contributed by atoms with Gasteiger partial charge < -0.3 is 20.9 Å². The van der Waals surface area contributed by atoms with Crippen LogP contribution in [0.15, 0.2) is 22.3 Å². The lowest BCUT2D eigenvalue weighted by molar-refractivity contribution is 0.308. The van der Waals surface area contributed by atoms with Crippen molar-refractivity contribution in [3.63, 3.8) is 0 Å². The fourth-order valence-electron chi connectivity index (χ4n) is 1.26. The van der Waals surface area contributed by atoms with E-state index >= 15 is 0 Å². The number of rotatable bonds is 5. The Kier molecular flexibility index (Phi) is 5.69. The molecule has 0 aromatic heterocycles. The number of methoxy groups -OCH3 is 1. The van der Waals surface area contributed by atoms with Gasteiger partial charge in [-0.1, -0.05) is 0 Å². The first kappa shape index (κ1) is 14.6. The molecule has 0 heterocycles. The second-order valence-electron chi connectivity index (χ2n) is 3.24. The molecule has 0 fully saturated rings. The van der Waals surface area contributed by atoms with Gasteiger partial charge in [-0.05, 0) is 47.2 Å². The van der Waals surface area contributed by atoms with Crippen LogP contribution < -0.4 is 20.9 Å². The van der Waals surface area contributed by atoms with E-state index in [9.17, 15) is 0 Å². The van der Waals surface area contributed by atoms with Gasteiger partial charge in [0.15, 0.2) is 11.5 Å². The molecule has 18 heavy (non-hydrogen) atoms. The van der Waals surface area contributed by atoms with Gasteiger partial charge in [0.05, 0.1) is 23.5 Å².